The molecule has 0 radical (unpaired) electrons. The van der Waals surface area contributed by atoms with Gasteiger partial charge >= 0.3 is 0 Å². The molecular formula is C56H34O. The summed E-state index contributed by atoms with van der Waals surface area (Å²) in [4.78, 5) is 0. The molecule has 12 rings (SSSR count). The Morgan fingerprint density at radius 1 is 0.228 bits per heavy atom. The monoisotopic (exact) mass is 722 g/mol. The first-order chi connectivity index (χ1) is 28.3. The summed E-state index contributed by atoms with van der Waals surface area (Å²) in [5.74, 6) is 0. The van der Waals surface area contributed by atoms with E-state index in [0.29, 0.717) is 0 Å². The second-order valence-electron chi connectivity index (χ2n) is 15.0. The summed E-state index contributed by atoms with van der Waals surface area (Å²) in [7, 11) is 0. The van der Waals surface area contributed by atoms with Crippen molar-refractivity contribution in [2.75, 3.05) is 0 Å². The first kappa shape index (κ1) is 31.8. The Labute approximate surface area is 329 Å². The van der Waals surface area contributed by atoms with Crippen molar-refractivity contribution in [3.63, 3.8) is 0 Å². The maximum Gasteiger partial charge on any atom is 0.143 e. The largest absolute Gasteiger partial charge is 0.455 e. The Morgan fingerprint density at radius 3 is 1.30 bits per heavy atom. The van der Waals surface area contributed by atoms with Crippen LogP contribution in [0.1, 0.15) is 0 Å². The fraction of sp³-hybridized carbons (Fsp3) is 0. The Morgan fingerprint density at radius 2 is 0.649 bits per heavy atom. The number of fused-ring (bicyclic) bond motifs is 11. The van der Waals surface area contributed by atoms with Crippen molar-refractivity contribution in [3.05, 3.63) is 206 Å². The van der Waals surface area contributed by atoms with Crippen LogP contribution in [0.3, 0.4) is 0 Å². The van der Waals surface area contributed by atoms with Crippen molar-refractivity contribution in [1.82, 2.24) is 0 Å². The van der Waals surface area contributed by atoms with E-state index in [9.17, 15) is 0 Å². The molecule has 57 heavy (non-hydrogen) atoms. The van der Waals surface area contributed by atoms with Crippen LogP contribution in [0.5, 0.6) is 0 Å². The summed E-state index contributed by atoms with van der Waals surface area (Å²) in [5, 5.41) is 14.8. The van der Waals surface area contributed by atoms with Gasteiger partial charge in [0.15, 0.2) is 0 Å². The third-order valence-electron chi connectivity index (χ3n) is 12.1. The van der Waals surface area contributed by atoms with Crippen molar-refractivity contribution < 1.29 is 4.42 Å². The maximum atomic E-state index is 6.73. The van der Waals surface area contributed by atoms with E-state index < -0.39 is 0 Å². The van der Waals surface area contributed by atoms with Crippen molar-refractivity contribution in [3.8, 4) is 44.5 Å². The first-order valence-electron chi connectivity index (χ1n) is 19.7. The van der Waals surface area contributed by atoms with Gasteiger partial charge < -0.3 is 4.42 Å². The maximum absolute atomic E-state index is 6.73. The van der Waals surface area contributed by atoms with E-state index in [1.165, 1.54) is 87.2 Å². The zero-order chi connectivity index (χ0) is 37.5. The molecule has 0 aliphatic rings. The van der Waals surface area contributed by atoms with Crippen molar-refractivity contribution in [1.29, 1.82) is 0 Å². The molecule has 0 aliphatic heterocycles. The third kappa shape index (κ3) is 4.70. The summed E-state index contributed by atoms with van der Waals surface area (Å²) >= 11 is 0. The number of hydrogen-bond donors (Lipinski definition) is 0. The average Bonchev–Trinajstić information content (AvgIpc) is 3.67. The summed E-state index contributed by atoms with van der Waals surface area (Å²) < 4.78 is 6.73. The van der Waals surface area contributed by atoms with Crippen LogP contribution >= 0.6 is 0 Å². The van der Waals surface area contributed by atoms with Gasteiger partial charge in [0.2, 0.25) is 0 Å². The molecule has 0 saturated carbocycles. The lowest BCUT2D eigenvalue weighted by molar-refractivity contribution is 0.670. The van der Waals surface area contributed by atoms with Crippen LogP contribution in [-0.2, 0) is 0 Å². The molecule has 1 nitrogen and oxygen atoms in total. The molecule has 0 unspecified atom stereocenters. The minimum atomic E-state index is 0.899. The van der Waals surface area contributed by atoms with Gasteiger partial charge in [0.05, 0.1) is 0 Å². The van der Waals surface area contributed by atoms with E-state index in [1.807, 2.05) is 6.07 Å². The summed E-state index contributed by atoms with van der Waals surface area (Å²) in [5.41, 5.74) is 11.3. The number of furan rings is 1. The topological polar surface area (TPSA) is 13.1 Å². The highest BCUT2D eigenvalue weighted by Gasteiger charge is 2.25. The van der Waals surface area contributed by atoms with Crippen LogP contribution in [0, 0.1) is 0 Å². The normalized spacial score (nSPS) is 11.9. The molecule has 11 aromatic carbocycles. The second kappa shape index (κ2) is 12.5. The smallest absolute Gasteiger partial charge is 0.143 e. The van der Waals surface area contributed by atoms with Gasteiger partial charge in [0.1, 0.15) is 11.2 Å². The highest BCUT2D eigenvalue weighted by molar-refractivity contribution is 6.32. The minimum Gasteiger partial charge on any atom is -0.455 e. The first-order valence-corrected chi connectivity index (χ1v) is 19.7. The van der Waals surface area contributed by atoms with Crippen LogP contribution in [0.15, 0.2) is 211 Å². The van der Waals surface area contributed by atoms with E-state index in [0.717, 1.165) is 33.1 Å². The minimum absolute atomic E-state index is 0.899. The Bertz CT molecular complexity index is 3470. The van der Waals surface area contributed by atoms with Gasteiger partial charge in [-0.25, -0.2) is 0 Å². The molecule has 0 aliphatic carbocycles. The van der Waals surface area contributed by atoms with Crippen LogP contribution in [0.2, 0.25) is 0 Å². The zero-order valence-corrected chi connectivity index (χ0v) is 31.0. The summed E-state index contributed by atoms with van der Waals surface area (Å²) in [6.07, 6.45) is 0. The van der Waals surface area contributed by atoms with Crippen LogP contribution < -0.4 is 0 Å². The molecule has 0 saturated heterocycles. The van der Waals surface area contributed by atoms with Gasteiger partial charge in [0.25, 0.3) is 0 Å². The highest BCUT2D eigenvalue weighted by Crippen LogP contribution is 2.52. The molecule has 1 heteroatoms. The second-order valence-corrected chi connectivity index (χ2v) is 15.0. The highest BCUT2D eigenvalue weighted by atomic mass is 16.3. The van der Waals surface area contributed by atoms with Crippen molar-refractivity contribution in [2.45, 2.75) is 0 Å². The molecule has 0 bridgehead atoms. The lowest BCUT2D eigenvalue weighted by Gasteiger charge is -2.23. The van der Waals surface area contributed by atoms with Crippen LogP contribution in [0.4, 0.5) is 0 Å². The molecule has 0 spiro atoms. The lowest BCUT2D eigenvalue weighted by atomic mass is 9.80. The van der Waals surface area contributed by atoms with Crippen LogP contribution in [-0.4, -0.2) is 0 Å². The van der Waals surface area contributed by atoms with E-state index in [1.54, 1.807) is 0 Å². The van der Waals surface area contributed by atoms with E-state index in [4.69, 9.17) is 4.42 Å². The third-order valence-corrected chi connectivity index (χ3v) is 12.1. The molecule has 0 amide bonds. The van der Waals surface area contributed by atoms with Gasteiger partial charge in [-0.2, -0.15) is 0 Å². The molecule has 0 N–H and O–H groups in total. The zero-order valence-electron chi connectivity index (χ0n) is 31.0. The Hall–Kier alpha value is -7.48. The lowest BCUT2D eigenvalue weighted by Crippen LogP contribution is -1.96. The molecule has 1 heterocycles. The molecule has 12 aromatic rings. The van der Waals surface area contributed by atoms with Gasteiger partial charge in [-0.15, -0.1) is 0 Å². The molecular weight excluding hydrogens is 689 g/mol. The Balaban J connectivity index is 1.25. The fourth-order valence-corrected chi connectivity index (χ4v) is 9.72. The van der Waals surface area contributed by atoms with E-state index >= 15 is 0 Å². The predicted molar refractivity (Wildman–Crippen MR) is 243 cm³/mol. The standard InChI is InChI=1S/C56H34O/c1-2-17-35(18-3-1)36-28-14-30-47(49-32-16-31-48-40-22-12-13-34-51(40)57-56(48)49)54(36)55-45-26-10-8-24-43(45)53(44-25-9-11-27-46(44)55)50-33-15-29-42-39-20-5-4-19-37(39)38-21-6-7-23-41(38)52(42)50/h1-34H. The predicted octanol–water partition coefficient (Wildman–Crippen LogP) is 16.0. The van der Waals surface area contributed by atoms with Gasteiger partial charge in [-0.3, -0.25) is 0 Å². The summed E-state index contributed by atoms with van der Waals surface area (Å²) in [6.45, 7) is 0. The van der Waals surface area contributed by atoms with Gasteiger partial charge in [-0.1, -0.05) is 200 Å². The molecule has 1 aromatic heterocycles. The quantitative estimate of drug-likeness (QED) is 0.130. The van der Waals surface area contributed by atoms with E-state index in [-0.39, 0.29) is 0 Å². The SMILES string of the molecule is c1ccc(-c2cccc(-c3cccc4c3oc3ccccc34)c2-c2c3ccccc3c(-c3cccc4c5ccccc5c5ccccc5c34)c3ccccc23)cc1. The molecule has 0 fully saturated rings. The van der Waals surface area contributed by atoms with E-state index in [2.05, 4.69) is 200 Å². The number of para-hydroxylation sites is 2. The van der Waals surface area contributed by atoms with Crippen LogP contribution in [0.25, 0.3) is 120 Å². The van der Waals surface area contributed by atoms with Crippen molar-refractivity contribution >= 4 is 75.8 Å². The average molecular weight is 723 g/mol. The summed E-state index contributed by atoms with van der Waals surface area (Å²) in [6, 6.07) is 75.3. The fourth-order valence-electron chi connectivity index (χ4n) is 9.72. The number of rotatable bonds is 4. The van der Waals surface area contributed by atoms with Crippen molar-refractivity contribution in [2.24, 2.45) is 0 Å². The van der Waals surface area contributed by atoms with Gasteiger partial charge in [0, 0.05) is 16.3 Å². The van der Waals surface area contributed by atoms with Gasteiger partial charge in [-0.05, 0) is 98.9 Å². The number of hydrogen-bond acceptors (Lipinski definition) is 1. The molecule has 264 valence electrons. The molecule has 0 atom stereocenters. The number of benzene rings is 11. The Kier molecular flexibility index (Phi) is 7.00.